The third-order valence-corrected chi connectivity index (χ3v) is 5.14. The highest BCUT2D eigenvalue weighted by Crippen LogP contribution is 2.36. The van der Waals surface area contributed by atoms with Crippen molar-refractivity contribution < 1.29 is 4.74 Å². The molecule has 2 N–H and O–H groups in total. The molecule has 1 saturated carbocycles. The lowest BCUT2D eigenvalue weighted by molar-refractivity contribution is 0.170. The van der Waals surface area contributed by atoms with E-state index in [0.29, 0.717) is 12.0 Å². The molecule has 0 atom stereocenters. The third kappa shape index (κ3) is 5.21. The number of piperidine rings is 1. The van der Waals surface area contributed by atoms with Gasteiger partial charge in [-0.1, -0.05) is 0 Å². The van der Waals surface area contributed by atoms with Crippen molar-refractivity contribution in [3.8, 4) is 5.75 Å². The molecule has 0 radical (unpaired) electrons. The smallest absolute Gasteiger partial charge is 0.137 e. The van der Waals surface area contributed by atoms with E-state index >= 15 is 0 Å². The van der Waals surface area contributed by atoms with Gasteiger partial charge < -0.3 is 15.4 Å². The molecule has 2 aliphatic rings. The first-order valence-corrected chi connectivity index (χ1v) is 9.10. The maximum Gasteiger partial charge on any atom is 0.137 e. The third-order valence-electron chi connectivity index (χ3n) is 5.14. The predicted molar refractivity (Wildman–Crippen MR) is 111 cm³/mol. The first-order valence-electron chi connectivity index (χ1n) is 9.10. The molecule has 0 amide bonds. The van der Waals surface area contributed by atoms with Crippen LogP contribution in [0.5, 0.6) is 5.75 Å². The average Bonchev–Trinajstić information content (AvgIpc) is 2.60. The van der Waals surface area contributed by atoms with E-state index in [-0.39, 0.29) is 30.9 Å². The molecule has 0 bridgehead atoms. The molecule has 8 heteroatoms. The highest BCUT2D eigenvalue weighted by Gasteiger charge is 2.30. The molecule has 3 heterocycles. The fourth-order valence-electron chi connectivity index (χ4n) is 3.66. The summed E-state index contributed by atoms with van der Waals surface area (Å²) in [6.45, 7) is 3.87. The summed E-state index contributed by atoms with van der Waals surface area (Å²) in [5.74, 6) is 3.24. The van der Waals surface area contributed by atoms with Crippen molar-refractivity contribution in [1.29, 1.82) is 0 Å². The Morgan fingerprint density at radius 1 is 1.15 bits per heavy atom. The number of anilines is 1. The van der Waals surface area contributed by atoms with Crippen molar-refractivity contribution in [2.24, 2.45) is 5.73 Å². The normalized spacial score (nSPS) is 22.2. The minimum Gasteiger partial charge on any atom is -0.489 e. The summed E-state index contributed by atoms with van der Waals surface area (Å²) in [5.41, 5.74) is 7.08. The predicted octanol–water partition coefficient (Wildman–Crippen LogP) is 3.28. The number of nitrogens with zero attached hydrogens (tertiary/aromatic N) is 4. The van der Waals surface area contributed by atoms with Crippen LogP contribution in [-0.2, 0) is 0 Å². The molecule has 1 aliphatic carbocycles. The minimum absolute atomic E-state index is 0. The molecule has 0 aromatic carbocycles. The van der Waals surface area contributed by atoms with Crippen LogP contribution >= 0.6 is 24.8 Å². The number of pyridine rings is 1. The number of halogens is 2. The van der Waals surface area contributed by atoms with E-state index in [9.17, 15) is 0 Å². The van der Waals surface area contributed by atoms with Crippen molar-refractivity contribution in [1.82, 2.24) is 15.0 Å². The van der Waals surface area contributed by atoms with Crippen LogP contribution in [0.4, 0.5) is 5.82 Å². The van der Waals surface area contributed by atoms with Gasteiger partial charge in [0.25, 0.3) is 0 Å². The fraction of sp³-hybridized carbons (Fsp3) is 0.526. The minimum atomic E-state index is 0. The number of rotatable bonds is 4. The van der Waals surface area contributed by atoms with E-state index in [1.807, 2.05) is 19.1 Å². The Morgan fingerprint density at radius 2 is 1.89 bits per heavy atom. The Bertz CT molecular complexity index is 719. The lowest BCUT2D eigenvalue weighted by Crippen LogP contribution is -2.39. The van der Waals surface area contributed by atoms with Gasteiger partial charge in [0.15, 0.2) is 0 Å². The highest BCUT2D eigenvalue weighted by molar-refractivity contribution is 5.85. The molecule has 1 saturated heterocycles. The Balaban J connectivity index is 0.00000131. The van der Waals surface area contributed by atoms with Crippen molar-refractivity contribution in [2.75, 3.05) is 18.0 Å². The van der Waals surface area contributed by atoms with Crippen LogP contribution in [0.1, 0.15) is 43.1 Å². The molecule has 4 rings (SSSR count). The van der Waals surface area contributed by atoms with Gasteiger partial charge in [-0.3, -0.25) is 4.98 Å². The van der Waals surface area contributed by atoms with Gasteiger partial charge in [0.1, 0.15) is 23.5 Å². The summed E-state index contributed by atoms with van der Waals surface area (Å²) in [6, 6.07) is 6.36. The van der Waals surface area contributed by atoms with Gasteiger partial charge in [-0.25, -0.2) is 9.97 Å². The summed E-state index contributed by atoms with van der Waals surface area (Å²) in [6.07, 6.45) is 7.83. The second-order valence-corrected chi connectivity index (χ2v) is 7.12. The van der Waals surface area contributed by atoms with Crippen LogP contribution < -0.4 is 15.4 Å². The van der Waals surface area contributed by atoms with Crippen LogP contribution in [0.2, 0.25) is 0 Å². The number of ether oxygens (including phenoxy) is 1. The molecular weight excluding hydrogens is 385 g/mol. The average molecular weight is 412 g/mol. The standard InChI is InChI=1S/C19H25N5O.2ClH/c1-13-22-18(14-9-15(20)10-14)11-19(23-13)24-7-4-16(5-8-24)25-17-3-2-6-21-12-17;;/h2-3,6,11-12,14-16H,4-5,7-10,20H2,1H3;2*1H. The van der Waals surface area contributed by atoms with Crippen molar-refractivity contribution in [2.45, 2.75) is 50.7 Å². The van der Waals surface area contributed by atoms with Crippen LogP contribution in [0.3, 0.4) is 0 Å². The SMILES string of the molecule is Cc1nc(C2CC(N)C2)cc(N2CCC(Oc3cccnc3)CC2)n1.Cl.Cl. The lowest BCUT2D eigenvalue weighted by atomic mass is 9.78. The molecular formula is C19H27Cl2N5O. The van der Waals surface area contributed by atoms with E-state index < -0.39 is 0 Å². The van der Waals surface area contributed by atoms with Gasteiger partial charge in [0.05, 0.1) is 6.20 Å². The number of aryl methyl sites for hydroxylation is 1. The summed E-state index contributed by atoms with van der Waals surface area (Å²) >= 11 is 0. The van der Waals surface area contributed by atoms with Crippen LogP contribution in [0.25, 0.3) is 0 Å². The van der Waals surface area contributed by atoms with Gasteiger partial charge in [-0.05, 0) is 31.9 Å². The Labute approximate surface area is 172 Å². The van der Waals surface area contributed by atoms with Crippen LogP contribution in [0.15, 0.2) is 30.6 Å². The first kappa shape index (κ1) is 21.7. The summed E-state index contributed by atoms with van der Waals surface area (Å²) < 4.78 is 6.03. The number of hydrogen-bond donors (Lipinski definition) is 1. The molecule has 2 aromatic heterocycles. The molecule has 2 aromatic rings. The topological polar surface area (TPSA) is 77.2 Å². The number of hydrogen-bond acceptors (Lipinski definition) is 6. The largest absolute Gasteiger partial charge is 0.489 e. The monoisotopic (exact) mass is 411 g/mol. The van der Waals surface area contributed by atoms with E-state index in [2.05, 4.69) is 25.9 Å². The molecule has 0 unspecified atom stereocenters. The van der Waals surface area contributed by atoms with Gasteiger partial charge >= 0.3 is 0 Å². The Kier molecular flexibility index (Phi) is 7.65. The van der Waals surface area contributed by atoms with Crippen molar-refractivity contribution >= 4 is 30.6 Å². The molecule has 27 heavy (non-hydrogen) atoms. The van der Waals surface area contributed by atoms with Gasteiger partial charge in [0.2, 0.25) is 0 Å². The molecule has 2 fully saturated rings. The van der Waals surface area contributed by atoms with Gasteiger partial charge in [0, 0.05) is 55.8 Å². The molecule has 148 valence electrons. The van der Waals surface area contributed by atoms with Gasteiger partial charge in [-0.2, -0.15) is 0 Å². The maximum absolute atomic E-state index is 6.03. The van der Waals surface area contributed by atoms with E-state index in [0.717, 1.165) is 61.9 Å². The fourth-order valence-corrected chi connectivity index (χ4v) is 3.66. The maximum atomic E-state index is 6.03. The number of nitrogens with two attached hydrogens (primary N) is 1. The zero-order chi connectivity index (χ0) is 17.2. The second-order valence-electron chi connectivity index (χ2n) is 7.12. The van der Waals surface area contributed by atoms with Crippen molar-refractivity contribution in [3.05, 3.63) is 42.1 Å². The second kappa shape index (κ2) is 9.53. The highest BCUT2D eigenvalue weighted by atomic mass is 35.5. The van der Waals surface area contributed by atoms with E-state index in [1.54, 1.807) is 12.4 Å². The van der Waals surface area contributed by atoms with Crippen LogP contribution in [-0.4, -0.2) is 40.2 Å². The van der Waals surface area contributed by atoms with Gasteiger partial charge in [-0.15, -0.1) is 24.8 Å². The Hall–Kier alpha value is -1.63. The van der Waals surface area contributed by atoms with Crippen molar-refractivity contribution in [3.63, 3.8) is 0 Å². The molecule has 0 spiro atoms. The van der Waals surface area contributed by atoms with E-state index in [1.165, 1.54) is 0 Å². The summed E-state index contributed by atoms with van der Waals surface area (Å²) in [5, 5.41) is 0. The quantitative estimate of drug-likeness (QED) is 0.831. The van der Waals surface area contributed by atoms with E-state index in [4.69, 9.17) is 10.5 Å². The van der Waals surface area contributed by atoms with Crippen LogP contribution in [0, 0.1) is 6.92 Å². The zero-order valence-electron chi connectivity index (χ0n) is 15.5. The summed E-state index contributed by atoms with van der Waals surface area (Å²) in [4.78, 5) is 15.7. The molecule has 6 nitrogen and oxygen atoms in total. The number of aromatic nitrogens is 3. The first-order chi connectivity index (χ1) is 12.2. The molecule has 1 aliphatic heterocycles. The Morgan fingerprint density at radius 3 is 2.52 bits per heavy atom. The lowest BCUT2D eigenvalue weighted by Gasteiger charge is -2.35. The summed E-state index contributed by atoms with van der Waals surface area (Å²) in [7, 11) is 0. The zero-order valence-corrected chi connectivity index (χ0v) is 17.1.